The number of anilines is 1. The van der Waals surface area contributed by atoms with Crippen molar-refractivity contribution in [2.75, 3.05) is 19.4 Å². The SMILES string of the molecule is COC(=O)c1cc(C=CCNC(C)=O)cnc1N. The zero-order valence-electron chi connectivity index (χ0n) is 10.3. The summed E-state index contributed by atoms with van der Waals surface area (Å²) >= 11 is 0. The Morgan fingerprint density at radius 1 is 1.56 bits per heavy atom. The van der Waals surface area contributed by atoms with Crippen molar-refractivity contribution in [3.63, 3.8) is 0 Å². The molecular formula is C12H15N3O3. The van der Waals surface area contributed by atoms with Crippen molar-refractivity contribution < 1.29 is 14.3 Å². The normalized spacial score (nSPS) is 10.3. The van der Waals surface area contributed by atoms with Crippen LogP contribution in [-0.4, -0.2) is 30.5 Å². The van der Waals surface area contributed by atoms with Gasteiger partial charge < -0.3 is 15.8 Å². The van der Waals surface area contributed by atoms with Gasteiger partial charge >= 0.3 is 5.97 Å². The first-order chi connectivity index (χ1) is 8.54. The first-order valence-electron chi connectivity index (χ1n) is 5.29. The molecule has 6 heteroatoms. The molecule has 3 N–H and O–H groups in total. The van der Waals surface area contributed by atoms with Gasteiger partial charge in [0.1, 0.15) is 11.4 Å². The molecule has 0 spiro atoms. The van der Waals surface area contributed by atoms with E-state index in [9.17, 15) is 9.59 Å². The summed E-state index contributed by atoms with van der Waals surface area (Å²) in [6, 6.07) is 1.58. The number of nitrogens with one attached hydrogen (secondary N) is 1. The van der Waals surface area contributed by atoms with E-state index in [4.69, 9.17) is 5.73 Å². The molecule has 0 radical (unpaired) electrons. The lowest BCUT2D eigenvalue weighted by Gasteiger charge is -2.03. The average Bonchev–Trinajstić information content (AvgIpc) is 2.35. The number of rotatable bonds is 4. The van der Waals surface area contributed by atoms with Crippen molar-refractivity contribution in [3.8, 4) is 0 Å². The van der Waals surface area contributed by atoms with Gasteiger partial charge in [0.15, 0.2) is 0 Å². The number of methoxy groups -OCH3 is 1. The summed E-state index contributed by atoms with van der Waals surface area (Å²) < 4.78 is 4.59. The number of pyridine rings is 1. The van der Waals surface area contributed by atoms with Crippen molar-refractivity contribution in [3.05, 3.63) is 29.5 Å². The predicted molar refractivity (Wildman–Crippen MR) is 67.7 cm³/mol. The molecule has 0 aromatic carbocycles. The lowest BCUT2D eigenvalue weighted by atomic mass is 10.2. The van der Waals surface area contributed by atoms with Crippen molar-refractivity contribution in [1.82, 2.24) is 10.3 Å². The Balaban J connectivity index is 2.79. The van der Waals surface area contributed by atoms with Crippen LogP contribution in [0.1, 0.15) is 22.8 Å². The number of aromatic nitrogens is 1. The van der Waals surface area contributed by atoms with Gasteiger partial charge in [0.05, 0.1) is 7.11 Å². The fraction of sp³-hybridized carbons (Fsp3) is 0.250. The fourth-order valence-electron chi connectivity index (χ4n) is 1.25. The molecule has 6 nitrogen and oxygen atoms in total. The number of hydrogen-bond donors (Lipinski definition) is 2. The standard InChI is InChI=1S/C12H15N3O3/c1-8(16)14-5-3-4-9-6-10(12(17)18-2)11(13)15-7-9/h3-4,6-7H,5H2,1-2H3,(H2,13,15)(H,14,16). The monoisotopic (exact) mass is 249 g/mol. The van der Waals surface area contributed by atoms with Gasteiger partial charge in [-0.1, -0.05) is 12.2 Å². The molecular weight excluding hydrogens is 234 g/mol. The van der Waals surface area contributed by atoms with E-state index in [1.54, 1.807) is 18.2 Å². The summed E-state index contributed by atoms with van der Waals surface area (Å²) in [7, 11) is 1.28. The minimum atomic E-state index is -0.530. The summed E-state index contributed by atoms with van der Waals surface area (Å²) in [4.78, 5) is 25.9. The van der Waals surface area contributed by atoms with E-state index in [1.165, 1.54) is 20.2 Å². The molecule has 0 unspecified atom stereocenters. The van der Waals surface area contributed by atoms with E-state index in [0.717, 1.165) is 0 Å². The van der Waals surface area contributed by atoms with E-state index in [2.05, 4.69) is 15.0 Å². The minimum Gasteiger partial charge on any atom is -0.465 e. The second-order valence-electron chi connectivity index (χ2n) is 3.53. The molecule has 1 aromatic rings. The van der Waals surface area contributed by atoms with E-state index >= 15 is 0 Å². The van der Waals surface area contributed by atoms with Gasteiger partial charge in [-0.25, -0.2) is 9.78 Å². The van der Waals surface area contributed by atoms with Crippen LogP contribution in [0.15, 0.2) is 18.3 Å². The summed E-state index contributed by atoms with van der Waals surface area (Å²) in [5.74, 6) is -0.511. The molecule has 0 aliphatic heterocycles. The lowest BCUT2D eigenvalue weighted by Crippen LogP contribution is -2.19. The van der Waals surface area contributed by atoms with Gasteiger partial charge in [0, 0.05) is 19.7 Å². The highest BCUT2D eigenvalue weighted by molar-refractivity contribution is 5.94. The van der Waals surface area contributed by atoms with Crippen LogP contribution in [-0.2, 0) is 9.53 Å². The van der Waals surface area contributed by atoms with Gasteiger partial charge in [-0.2, -0.15) is 0 Å². The summed E-state index contributed by atoms with van der Waals surface area (Å²) in [6.07, 6.45) is 5.01. The van der Waals surface area contributed by atoms with E-state index in [1.807, 2.05) is 0 Å². The first kappa shape index (κ1) is 13.7. The average molecular weight is 249 g/mol. The third-order valence-electron chi connectivity index (χ3n) is 2.12. The van der Waals surface area contributed by atoms with Gasteiger partial charge in [-0.3, -0.25) is 4.79 Å². The zero-order valence-corrected chi connectivity index (χ0v) is 10.3. The molecule has 0 fully saturated rings. The van der Waals surface area contributed by atoms with Crippen molar-refractivity contribution in [1.29, 1.82) is 0 Å². The van der Waals surface area contributed by atoms with E-state index in [-0.39, 0.29) is 17.3 Å². The molecule has 0 saturated carbocycles. The molecule has 0 aliphatic carbocycles. The van der Waals surface area contributed by atoms with Gasteiger partial charge in [-0.05, 0) is 11.6 Å². The number of amides is 1. The number of ether oxygens (including phenoxy) is 1. The summed E-state index contributed by atoms with van der Waals surface area (Å²) in [5, 5.41) is 2.61. The molecule has 0 atom stereocenters. The Labute approximate surface area is 105 Å². The number of nitrogen functional groups attached to an aromatic ring is 1. The Kier molecular flexibility index (Phi) is 4.86. The molecule has 1 heterocycles. The lowest BCUT2D eigenvalue weighted by molar-refractivity contribution is -0.118. The highest BCUT2D eigenvalue weighted by atomic mass is 16.5. The maximum absolute atomic E-state index is 11.4. The Morgan fingerprint density at radius 2 is 2.28 bits per heavy atom. The zero-order chi connectivity index (χ0) is 13.5. The van der Waals surface area contributed by atoms with Crippen LogP contribution in [0.5, 0.6) is 0 Å². The number of nitrogens with two attached hydrogens (primary N) is 1. The molecule has 18 heavy (non-hydrogen) atoms. The summed E-state index contributed by atoms with van der Waals surface area (Å²) in [5.41, 5.74) is 6.49. The summed E-state index contributed by atoms with van der Waals surface area (Å²) in [6.45, 7) is 1.85. The number of carbonyl (C=O) groups is 2. The topological polar surface area (TPSA) is 94.3 Å². The van der Waals surface area contributed by atoms with Crippen LogP contribution in [0.2, 0.25) is 0 Å². The Morgan fingerprint density at radius 3 is 2.89 bits per heavy atom. The fourth-order valence-corrected chi connectivity index (χ4v) is 1.25. The predicted octanol–water partition coefficient (Wildman–Crippen LogP) is 0.600. The van der Waals surface area contributed by atoms with Crippen LogP contribution in [0.25, 0.3) is 6.08 Å². The number of hydrogen-bond acceptors (Lipinski definition) is 5. The second-order valence-corrected chi connectivity index (χ2v) is 3.53. The second kappa shape index (κ2) is 6.39. The largest absolute Gasteiger partial charge is 0.465 e. The molecule has 1 rings (SSSR count). The highest BCUT2D eigenvalue weighted by Crippen LogP contribution is 2.13. The maximum atomic E-state index is 11.4. The third-order valence-corrected chi connectivity index (χ3v) is 2.12. The third kappa shape index (κ3) is 3.89. The van der Waals surface area contributed by atoms with Crippen LogP contribution in [0.3, 0.4) is 0 Å². The van der Waals surface area contributed by atoms with Gasteiger partial charge in [-0.15, -0.1) is 0 Å². The van der Waals surface area contributed by atoms with E-state index in [0.29, 0.717) is 12.1 Å². The van der Waals surface area contributed by atoms with Crippen molar-refractivity contribution in [2.24, 2.45) is 0 Å². The molecule has 96 valence electrons. The maximum Gasteiger partial charge on any atom is 0.341 e. The van der Waals surface area contributed by atoms with Crippen molar-refractivity contribution in [2.45, 2.75) is 6.92 Å². The number of nitrogens with zero attached hydrogens (tertiary/aromatic N) is 1. The quantitative estimate of drug-likeness (QED) is 0.762. The van der Waals surface area contributed by atoms with Crippen LogP contribution in [0.4, 0.5) is 5.82 Å². The molecule has 0 saturated heterocycles. The Hall–Kier alpha value is -2.37. The molecule has 1 amide bonds. The first-order valence-corrected chi connectivity index (χ1v) is 5.29. The van der Waals surface area contributed by atoms with Crippen molar-refractivity contribution >= 4 is 23.8 Å². The van der Waals surface area contributed by atoms with Crippen LogP contribution in [0, 0.1) is 0 Å². The van der Waals surface area contributed by atoms with Crippen LogP contribution < -0.4 is 11.1 Å². The molecule has 0 aliphatic rings. The smallest absolute Gasteiger partial charge is 0.341 e. The molecule has 0 bridgehead atoms. The number of esters is 1. The Bertz CT molecular complexity index is 483. The van der Waals surface area contributed by atoms with E-state index < -0.39 is 5.97 Å². The van der Waals surface area contributed by atoms with Gasteiger partial charge in [0.25, 0.3) is 0 Å². The highest BCUT2D eigenvalue weighted by Gasteiger charge is 2.10. The minimum absolute atomic E-state index is 0.106. The number of carbonyl (C=O) groups excluding carboxylic acids is 2. The molecule has 1 aromatic heterocycles. The van der Waals surface area contributed by atoms with Gasteiger partial charge in [0.2, 0.25) is 5.91 Å². The van der Waals surface area contributed by atoms with Crippen LogP contribution >= 0.6 is 0 Å².